The van der Waals surface area contributed by atoms with E-state index in [0.717, 1.165) is 18.9 Å². The number of likely N-dealkylation sites (N-methyl/N-ethyl adjacent to an activating group) is 1. The molecule has 0 saturated carbocycles. The van der Waals surface area contributed by atoms with Crippen molar-refractivity contribution in [2.45, 2.75) is 25.3 Å². The van der Waals surface area contributed by atoms with Gasteiger partial charge in [0.2, 0.25) is 5.91 Å². The van der Waals surface area contributed by atoms with Gasteiger partial charge in [-0.1, -0.05) is 6.07 Å². The Balaban J connectivity index is 0.00000338. The lowest BCUT2D eigenvalue weighted by Crippen LogP contribution is -2.42. The molecule has 7 nitrogen and oxygen atoms in total. The van der Waals surface area contributed by atoms with Crippen molar-refractivity contribution < 1.29 is 13.2 Å². The fraction of sp³-hybridized carbons (Fsp3) is 0.625. The smallest absolute Gasteiger partial charge is 0.222 e. The zero-order valence-corrected chi connectivity index (χ0v) is 19.1. The predicted octanol–water partition coefficient (Wildman–Crippen LogP) is 1.11. The van der Waals surface area contributed by atoms with Crippen LogP contribution in [0.2, 0.25) is 0 Å². The molecule has 10 heteroatoms. The highest BCUT2D eigenvalue weighted by molar-refractivity contribution is 14.0. The van der Waals surface area contributed by atoms with Gasteiger partial charge in [-0.2, -0.15) is 0 Å². The second kappa shape index (κ2) is 11.1. The minimum atomic E-state index is -2.97. The third-order valence-electron chi connectivity index (χ3n) is 4.08. The lowest BCUT2D eigenvalue weighted by molar-refractivity contribution is -0.121. The molecule has 0 spiro atoms. The van der Waals surface area contributed by atoms with Gasteiger partial charge in [-0.25, -0.2) is 8.42 Å². The lowest BCUT2D eigenvalue weighted by Gasteiger charge is -2.22. The van der Waals surface area contributed by atoms with Gasteiger partial charge in [-0.15, -0.1) is 35.3 Å². The van der Waals surface area contributed by atoms with Crippen molar-refractivity contribution in [3.8, 4) is 0 Å². The van der Waals surface area contributed by atoms with Gasteiger partial charge in [0.25, 0.3) is 0 Å². The van der Waals surface area contributed by atoms with Gasteiger partial charge < -0.3 is 15.5 Å². The van der Waals surface area contributed by atoms with Crippen LogP contribution >= 0.6 is 35.3 Å². The summed E-state index contributed by atoms with van der Waals surface area (Å²) >= 11 is 1.74. The van der Waals surface area contributed by atoms with Crippen LogP contribution in [0.15, 0.2) is 22.5 Å². The standard InChI is InChI=1S/C16H26N4O3S2.HI/c1-17-16(20(2)9-6-14-4-3-10-24-14)18-8-5-15(21)19-13-7-11-25(22,23)12-13;/h3-4,10,13H,5-9,11-12H2,1-2H3,(H,17,18)(H,19,21);1H. The second-order valence-corrected chi connectivity index (χ2v) is 9.40. The number of thiophene rings is 1. The molecule has 0 radical (unpaired) electrons. The Labute approximate surface area is 176 Å². The van der Waals surface area contributed by atoms with Gasteiger partial charge in [-0.05, 0) is 24.3 Å². The summed E-state index contributed by atoms with van der Waals surface area (Å²) in [5.74, 6) is 0.830. The highest BCUT2D eigenvalue weighted by Gasteiger charge is 2.28. The van der Waals surface area contributed by atoms with E-state index in [-0.39, 0.29) is 53.9 Å². The quantitative estimate of drug-likeness (QED) is 0.323. The summed E-state index contributed by atoms with van der Waals surface area (Å²) in [6, 6.07) is 3.91. The number of halogens is 1. The number of hydrogen-bond donors (Lipinski definition) is 2. The molecule has 2 rings (SSSR count). The Kier molecular flexibility index (Phi) is 9.86. The third-order valence-corrected chi connectivity index (χ3v) is 6.78. The summed E-state index contributed by atoms with van der Waals surface area (Å²) in [4.78, 5) is 19.5. The number of aliphatic imine (C=N–C) groups is 1. The first kappa shape index (κ1) is 23.2. The monoisotopic (exact) mass is 514 g/mol. The number of nitrogens with one attached hydrogen (secondary N) is 2. The van der Waals surface area contributed by atoms with Crippen LogP contribution in [0.1, 0.15) is 17.7 Å². The summed E-state index contributed by atoms with van der Waals surface area (Å²) in [7, 11) is 0.710. The summed E-state index contributed by atoms with van der Waals surface area (Å²) in [5.41, 5.74) is 0. The second-order valence-electron chi connectivity index (χ2n) is 6.14. The summed E-state index contributed by atoms with van der Waals surface area (Å²) in [6.45, 7) is 1.30. The molecule has 1 aromatic rings. The zero-order chi connectivity index (χ0) is 18.3. The molecule has 1 saturated heterocycles. The SMILES string of the molecule is CN=C(NCCC(=O)NC1CCS(=O)(=O)C1)N(C)CCc1cccs1.I. The minimum Gasteiger partial charge on any atom is -0.356 e. The van der Waals surface area contributed by atoms with Crippen LogP contribution in [0.3, 0.4) is 0 Å². The van der Waals surface area contributed by atoms with Crippen LogP contribution in [0.4, 0.5) is 0 Å². The molecule has 148 valence electrons. The number of nitrogens with zero attached hydrogens (tertiary/aromatic N) is 2. The number of rotatable bonds is 7. The largest absolute Gasteiger partial charge is 0.356 e. The number of carbonyl (C=O) groups is 1. The van der Waals surface area contributed by atoms with Crippen molar-refractivity contribution >= 4 is 57.0 Å². The highest BCUT2D eigenvalue weighted by atomic mass is 127. The van der Waals surface area contributed by atoms with Crippen molar-refractivity contribution in [1.82, 2.24) is 15.5 Å². The van der Waals surface area contributed by atoms with Crippen molar-refractivity contribution in [3.05, 3.63) is 22.4 Å². The van der Waals surface area contributed by atoms with E-state index in [1.165, 1.54) is 4.88 Å². The third kappa shape index (κ3) is 7.78. The first-order valence-corrected chi connectivity index (χ1v) is 11.0. The van der Waals surface area contributed by atoms with Crippen LogP contribution < -0.4 is 10.6 Å². The Morgan fingerprint density at radius 1 is 1.46 bits per heavy atom. The first-order valence-electron chi connectivity index (χ1n) is 8.33. The number of guanidine groups is 1. The fourth-order valence-electron chi connectivity index (χ4n) is 2.72. The number of hydrogen-bond acceptors (Lipinski definition) is 5. The Bertz CT molecular complexity index is 692. The van der Waals surface area contributed by atoms with Gasteiger partial charge >= 0.3 is 0 Å². The molecule has 0 bridgehead atoms. The minimum absolute atomic E-state index is 0. The van der Waals surface area contributed by atoms with E-state index in [4.69, 9.17) is 0 Å². The van der Waals surface area contributed by atoms with Gasteiger partial charge in [0.05, 0.1) is 11.5 Å². The number of sulfone groups is 1. The van der Waals surface area contributed by atoms with E-state index < -0.39 is 9.84 Å². The Morgan fingerprint density at radius 2 is 2.23 bits per heavy atom. The molecule has 26 heavy (non-hydrogen) atoms. The van der Waals surface area contributed by atoms with E-state index in [9.17, 15) is 13.2 Å². The maximum Gasteiger partial charge on any atom is 0.222 e. The van der Waals surface area contributed by atoms with E-state index >= 15 is 0 Å². The highest BCUT2D eigenvalue weighted by Crippen LogP contribution is 2.11. The molecule has 0 aliphatic carbocycles. The van der Waals surface area contributed by atoms with E-state index in [0.29, 0.717) is 13.0 Å². The molecule has 1 amide bonds. The fourth-order valence-corrected chi connectivity index (χ4v) is 5.09. The topological polar surface area (TPSA) is 90.9 Å². The van der Waals surface area contributed by atoms with Crippen LogP contribution in [0.5, 0.6) is 0 Å². The molecule has 0 aromatic carbocycles. The summed E-state index contributed by atoms with van der Waals surface area (Å²) in [6.07, 6.45) is 1.74. The molecule has 2 heterocycles. The summed E-state index contributed by atoms with van der Waals surface area (Å²) < 4.78 is 22.8. The molecule has 1 unspecified atom stereocenters. The number of carbonyl (C=O) groups excluding carboxylic acids is 1. The average Bonchev–Trinajstić information content (AvgIpc) is 3.18. The molecule has 1 aliphatic rings. The Morgan fingerprint density at radius 3 is 2.81 bits per heavy atom. The molecule has 1 aromatic heterocycles. The van der Waals surface area contributed by atoms with Gasteiger partial charge in [0.15, 0.2) is 15.8 Å². The van der Waals surface area contributed by atoms with E-state index in [2.05, 4.69) is 27.1 Å². The van der Waals surface area contributed by atoms with Gasteiger partial charge in [0.1, 0.15) is 0 Å². The summed E-state index contributed by atoms with van der Waals surface area (Å²) in [5, 5.41) is 8.03. The van der Waals surface area contributed by atoms with Crippen molar-refractivity contribution in [2.75, 3.05) is 38.7 Å². The van der Waals surface area contributed by atoms with Crippen LogP contribution in [0.25, 0.3) is 0 Å². The first-order chi connectivity index (χ1) is 11.9. The van der Waals surface area contributed by atoms with Crippen molar-refractivity contribution in [2.24, 2.45) is 4.99 Å². The molecular weight excluding hydrogens is 487 g/mol. The van der Waals surface area contributed by atoms with Crippen LogP contribution in [-0.2, 0) is 21.1 Å². The molecule has 1 fully saturated rings. The Hall–Kier alpha value is -0.880. The maximum absolute atomic E-state index is 11.9. The van der Waals surface area contributed by atoms with Gasteiger partial charge in [-0.3, -0.25) is 9.79 Å². The van der Waals surface area contributed by atoms with E-state index in [1.54, 1.807) is 18.4 Å². The maximum atomic E-state index is 11.9. The molecular formula is C16H27IN4O3S2. The van der Waals surface area contributed by atoms with Gasteiger partial charge in [0, 0.05) is 44.5 Å². The van der Waals surface area contributed by atoms with Crippen molar-refractivity contribution in [3.63, 3.8) is 0 Å². The predicted molar refractivity (Wildman–Crippen MR) is 117 cm³/mol. The normalized spacial score (nSPS) is 18.8. The van der Waals surface area contributed by atoms with E-state index in [1.807, 2.05) is 18.0 Å². The molecule has 1 atom stereocenters. The molecule has 2 N–H and O–H groups in total. The average molecular weight is 514 g/mol. The van der Waals surface area contributed by atoms with Crippen LogP contribution in [-0.4, -0.2) is 69.9 Å². The van der Waals surface area contributed by atoms with Crippen LogP contribution in [0, 0.1) is 0 Å². The van der Waals surface area contributed by atoms with Crippen molar-refractivity contribution in [1.29, 1.82) is 0 Å². The molecule has 1 aliphatic heterocycles. The lowest BCUT2D eigenvalue weighted by atomic mass is 10.2. The number of amides is 1. The zero-order valence-electron chi connectivity index (χ0n) is 15.1.